The maximum Gasteiger partial charge on any atom is 0.253 e. The van der Waals surface area contributed by atoms with E-state index in [1.807, 2.05) is 0 Å². The fourth-order valence-electron chi connectivity index (χ4n) is 1.80. The molecule has 1 rings (SSSR count). The van der Waals surface area contributed by atoms with Gasteiger partial charge in [0.2, 0.25) is 6.04 Å². The van der Waals surface area contributed by atoms with Crippen LogP contribution in [0.25, 0.3) is 0 Å². The molecule has 0 saturated heterocycles. The molecule has 1 heterocycles. The van der Waals surface area contributed by atoms with E-state index >= 15 is 0 Å². The van der Waals surface area contributed by atoms with Gasteiger partial charge in [0.05, 0.1) is 17.8 Å². The van der Waals surface area contributed by atoms with Crippen LogP contribution in [0.5, 0.6) is 0 Å². The zero-order chi connectivity index (χ0) is 17.4. The zero-order valence-corrected chi connectivity index (χ0v) is 12.9. The van der Waals surface area contributed by atoms with E-state index in [-0.39, 0.29) is 12.3 Å². The third kappa shape index (κ3) is 5.38. The molecule has 1 aromatic rings. The van der Waals surface area contributed by atoms with E-state index < -0.39 is 16.9 Å². The number of hydrogen-bond donors (Lipinski definition) is 3. The molecule has 0 bridgehead atoms. The Morgan fingerprint density at radius 2 is 2.30 bits per heavy atom. The lowest BCUT2D eigenvalue weighted by atomic mass is 10.0. The molecule has 0 fully saturated rings. The largest absolute Gasteiger partial charge is 0.411 e. The molecule has 1 unspecified atom stereocenters. The number of aromatic nitrogens is 1. The van der Waals surface area contributed by atoms with Gasteiger partial charge in [-0.3, -0.25) is 14.9 Å². The fourth-order valence-corrected chi connectivity index (χ4v) is 1.80. The van der Waals surface area contributed by atoms with Crippen LogP contribution in [0.15, 0.2) is 35.1 Å². The van der Waals surface area contributed by atoms with Crippen molar-refractivity contribution in [2.75, 3.05) is 12.3 Å². The summed E-state index contributed by atoms with van der Waals surface area (Å²) >= 11 is 0. The Labute approximate surface area is 133 Å². The van der Waals surface area contributed by atoms with Crippen molar-refractivity contribution in [2.45, 2.75) is 26.3 Å². The van der Waals surface area contributed by atoms with Crippen molar-refractivity contribution in [3.63, 3.8) is 0 Å². The van der Waals surface area contributed by atoms with Crippen molar-refractivity contribution < 1.29 is 14.9 Å². The SMILES string of the molecule is CC/C(=C\C(CNC(=O)c1ccc(N)nc1)=N/O)C(C)[N+](=O)[O-]. The lowest BCUT2D eigenvalue weighted by Crippen LogP contribution is -2.29. The highest BCUT2D eigenvalue weighted by atomic mass is 16.6. The van der Waals surface area contributed by atoms with Crippen LogP contribution in [0.2, 0.25) is 0 Å². The number of nitrogens with zero attached hydrogens (tertiary/aromatic N) is 3. The maximum atomic E-state index is 11.9. The second-order valence-corrected chi connectivity index (χ2v) is 4.78. The standard InChI is InChI=1S/C14H19N5O4/c1-3-10(9(2)19(22)23)6-12(18-21)8-17-14(20)11-4-5-13(15)16-7-11/h4-7,9,21H,3,8H2,1-2H3,(H2,15,16)(H,17,20)/b10-6+,18-12+. The fraction of sp³-hybridized carbons (Fsp3) is 0.357. The molecule has 9 heteroatoms. The molecule has 0 aliphatic rings. The topological polar surface area (TPSA) is 144 Å². The van der Waals surface area contributed by atoms with Crippen LogP contribution in [0, 0.1) is 10.1 Å². The first kappa shape index (κ1) is 18.1. The average Bonchev–Trinajstić information content (AvgIpc) is 2.54. The summed E-state index contributed by atoms with van der Waals surface area (Å²) in [6, 6.07) is 2.10. The van der Waals surface area contributed by atoms with E-state index in [2.05, 4.69) is 15.5 Å². The summed E-state index contributed by atoms with van der Waals surface area (Å²) in [6.45, 7) is 3.13. The van der Waals surface area contributed by atoms with Crippen molar-refractivity contribution in [3.05, 3.63) is 45.7 Å². The van der Waals surface area contributed by atoms with Crippen LogP contribution in [0.1, 0.15) is 30.6 Å². The molecule has 124 valence electrons. The minimum atomic E-state index is -0.895. The van der Waals surface area contributed by atoms with Crippen molar-refractivity contribution in [1.29, 1.82) is 0 Å². The number of oxime groups is 1. The number of carbonyl (C=O) groups is 1. The molecule has 9 nitrogen and oxygen atoms in total. The summed E-state index contributed by atoms with van der Waals surface area (Å²) in [4.78, 5) is 26.1. The van der Waals surface area contributed by atoms with Gasteiger partial charge in [-0.1, -0.05) is 12.1 Å². The predicted molar refractivity (Wildman–Crippen MR) is 85.0 cm³/mol. The van der Waals surface area contributed by atoms with Crippen LogP contribution >= 0.6 is 0 Å². The molecule has 23 heavy (non-hydrogen) atoms. The molecular weight excluding hydrogens is 302 g/mol. The Hall–Kier alpha value is -2.97. The van der Waals surface area contributed by atoms with E-state index in [0.717, 1.165) is 0 Å². The number of carbonyl (C=O) groups excluding carboxylic acids is 1. The Balaban J connectivity index is 2.75. The zero-order valence-electron chi connectivity index (χ0n) is 12.9. The van der Waals surface area contributed by atoms with Gasteiger partial charge in [-0.15, -0.1) is 0 Å². The maximum absolute atomic E-state index is 11.9. The number of pyridine rings is 1. The van der Waals surface area contributed by atoms with Crippen molar-refractivity contribution in [2.24, 2.45) is 5.16 Å². The van der Waals surface area contributed by atoms with E-state index in [9.17, 15) is 14.9 Å². The second-order valence-electron chi connectivity index (χ2n) is 4.78. The van der Waals surface area contributed by atoms with E-state index in [4.69, 9.17) is 10.9 Å². The number of rotatable bonds is 7. The molecular formula is C14H19N5O4. The highest BCUT2D eigenvalue weighted by Crippen LogP contribution is 2.10. The Morgan fingerprint density at radius 1 is 1.61 bits per heavy atom. The number of hydrogen-bond acceptors (Lipinski definition) is 7. The Bertz CT molecular complexity index is 625. The van der Waals surface area contributed by atoms with Crippen molar-refractivity contribution >= 4 is 17.4 Å². The lowest BCUT2D eigenvalue weighted by Gasteiger charge is -2.09. The predicted octanol–water partition coefficient (Wildman–Crippen LogP) is 1.23. The summed E-state index contributed by atoms with van der Waals surface area (Å²) in [5.74, 6) is -0.129. The highest BCUT2D eigenvalue weighted by molar-refractivity contribution is 6.01. The highest BCUT2D eigenvalue weighted by Gasteiger charge is 2.18. The summed E-state index contributed by atoms with van der Waals surface area (Å²) in [7, 11) is 0. The molecule has 0 radical (unpaired) electrons. The third-order valence-corrected chi connectivity index (χ3v) is 3.22. The molecule has 1 atom stereocenters. The van der Waals surface area contributed by atoms with E-state index in [1.54, 1.807) is 6.92 Å². The van der Waals surface area contributed by atoms with Gasteiger partial charge < -0.3 is 16.3 Å². The summed E-state index contributed by atoms with van der Waals surface area (Å²) in [5, 5.41) is 25.4. The molecule has 1 aromatic heterocycles. The number of nitrogens with two attached hydrogens (primary N) is 1. The monoisotopic (exact) mass is 321 g/mol. The number of anilines is 1. The Kier molecular flexibility index (Phi) is 6.66. The van der Waals surface area contributed by atoms with Crippen LogP contribution in [0.3, 0.4) is 0 Å². The first-order chi connectivity index (χ1) is 10.9. The van der Waals surface area contributed by atoms with Gasteiger partial charge in [-0.25, -0.2) is 4.98 Å². The van der Waals surface area contributed by atoms with Gasteiger partial charge in [0.25, 0.3) is 5.91 Å². The Morgan fingerprint density at radius 3 is 2.78 bits per heavy atom. The van der Waals surface area contributed by atoms with E-state index in [0.29, 0.717) is 23.4 Å². The van der Waals surface area contributed by atoms with Crippen LogP contribution in [-0.4, -0.2) is 39.3 Å². The molecule has 0 saturated carbocycles. The van der Waals surface area contributed by atoms with Gasteiger partial charge in [0, 0.05) is 23.6 Å². The van der Waals surface area contributed by atoms with Gasteiger partial charge in [0.1, 0.15) is 5.82 Å². The third-order valence-electron chi connectivity index (χ3n) is 3.22. The molecule has 0 aliphatic heterocycles. The molecule has 1 amide bonds. The molecule has 0 aliphatic carbocycles. The first-order valence-electron chi connectivity index (χ1n) is 6.93. The first-order valence-corrected chi connectivity index (χ1v) is 6.93. The van der Waals surface area contributed by atoms with E-state index in [1.165, 1.54) is 31.3 Å². The van der Waals surface area contributed by atoms with Crippen LogP contribution in [-0.2, 0) is 0 Å². The molecule has 0 aromatic carbocycles. The molecule has 0 spiro atoms. The van der Waals surface area contributed by atoms with Gasteiger partial charge in [-0.05, 0) is 24.6 Å². The molecule has 4 N–H and O–H groups in total. The number of nitrogens with one attached hydrogen (secondary N) is 1. The van der Waals surface area contributed by atoms with Crippen LogP contribution in [0.4, 0.5) is 5.82 Å². The second kappa shape index (κ2) is 8.47. The van der Waals surface area contributed by atoms with Crippen LogP contribution < -0.4 is 11.1 Å². The summed E-state index contributed by atoms with van der Waals surface area (Å²) in [6.07, 6.45) is 3.16. The quantitative estimate of drug-likeness (QED) is 0.298. The summed E-state index contributed by atoms with van der Waals surface area (Å²) < 4.78 is 0. The van der Waals surface area contributed by atoms with Gasteiger partial charge >= 0.3 is 0 Å². The number of amides is 1. The average molecular weight is 321 g/mol. The summed E-state index contributed by atoms with van der Waals surface area (Å²) in [5.41, 5.74) is 6.35. The lowest BCUT2D eigenvalue weighted by molar-refractivity contribution is -0.507. The normalized spacial score (nSPS) is 13.5. The minimum Gasteiger partial charge on any atom is -0.411 e. The van der Waals surface area contributed by atoms with Gasteiger partial charge in [-0.2, -0.15) is 0 Å². The van der Waals surface area contributed by atoms with Gasteiger partial charge in [0.15, 0.2) is 0 Å². The number of nitrogen functional groups attached to an aromatic ring is 1. The number of nitro groups is 1. The van der Waals surface area contributed by atoms with Crippen molar-refractivity contribution in [1.82, 2.24) is 10.3 Å². The smallest absolute Gasteiger partial charge is 0.253 e. The minimum absolute atomic E-state index is 0.0757. The van der Waals surface area contributed by atoms with Crippen molar-refractivity contribution in [3.8, 4) is 0 Å².